The Morgan fingerprint density at radius 1 is 0.382 bits per heavy atom. The van der Waals surface area contributed by atoms with Gasteiger partial charge in [-0.2, -0.15) is 0 Å². The van der Waals surface area contributed by atoms with Gasteiger partial charge in [0.05, 0.1) is 0 Å². The number of benzene rings is 8. The van der Waals surface area contributed by atoms with Gasteiger partial charge in [-0.1, -0.05) is 117 Å². The Bertz CT molecular complexity index is 2840. The lowest BCUT2D eigenvalue weighted by Crippen LogP contribution is -2.09. The summed E-state index contributed by atoms with van der Waals surface area (Å²) < 4.78 is 15.4. The van der Waals surface area contributed by atoms with E-state index >= 15 is 0 Å². The summed E-state index contributed by atoms with van der Waals surface area (Å²) in [7, 11) is 0. The van der Waals surface area contributed by atoms with Crippen LogP contribution in [0.15, 0.2) is 212 Å². The first kappa shape index (κ1) is 36.6. The van der Waals surface area contributed by atoms with Crippen LogP contribution in [0.4, 0.5) is 28.4 Å². The number of halogens is 3. The van der Waals surface area contributed by atoms with E-state index in [0.29, 0.717) is 0 Å². The number of nitrogens with one attached hydrogen (secondary N) is 1. The largest absolute Gasteiger partial charge is 0.456 e. The van der Waals surface area contributed by atoms with Gasteiger partial charge in [0.1, 0.15) is 22.3 Å². The predicted molar refractivity (Wildman–Crippen MR) is 246 cm³/mol. The van der Waals surface area contributed by atoms with Crippen LogP contribution in [0.5, 0.6) is 0 Å². The van der Waals surface area contributed by atoms with Crippen molar-refractivity contribution in [1.29, 1.82) is 0 Å². The fourth-order valence-electron chi connectivity index (χ4n) is 6.44. The van der Waals surface area contributed by atoms with Gasteiger partial charge in [-0.05, 0) is 120 Å². The third kappa shape index (κ3) is 8.65. The second-order valence-corrected chi connectivity index (χ2v) is 15.7. The van der Waals surface area contributed by atoms with Crippen LogP contribution in [0.25, 0.3) is 43.9 Å². The van der Waals surface area contributed by atoms with E-state index in [4.69, 9.17) is 8.83 Å². The fraction of sp³-hybridized carbons (Fsp3) is 0. The summed E-state index contributed by atoms with van der Waals surface area (Å²) in [5.74, 6) is 0. The van der Waals surface area contributed by atoms with Crippen molar-refractivity contribution in [3.63, 3.8) is 0 Å². The van der Waals surface area contributed by atoms with E-state index in [1.807, 2.05) is 97.1 Å². The fourth-order valence-corrected chi connectivity index (χ4v) is 8.20. The molecule has 0 amide bonds. The molecule has 0 unspecified atom stereocenters. The van der Waals surface area contributed by atoms with Crippen molar-refractivity contribution in [2.75, 3.05) is 10.2 Å². The van der Waals surface area contributed by atoms with Gasteiger partial charge in [0.2, 0.25) is 0 Å². The van der Waals surface area contributed by atoms with E-state index in [0.717, 1.165) is 81.3 Å². The van der Waals surface area contributed by atoms with Crippen LogP contribution in [-0.2, 0) is 0 Å². The zero-order valence-corrected chi connectivity index (χ0v) is 34.7. The Hall–Kier alpha value is -5.35. The molecule has 0 spiro atoms. The van der Waals surface area contributed by atoms with Gasteiger partial charge in [-0.15, -0.1) is 0 Å². The Morgan fingerprint density at radius 3 is 1.51 bits per heavy atom. The molecule has 2 aromatic heterocycles. The molecule has 55 heavy (non-hydrogen) atoms. The Labute approximate surface area is 349 Å². The first-order valence-electron chi connectivity index (χ1n) is 17.6. The van der Waals surface area contributed by atoms with Gasteiger partial charge in [0.15, 0.2) is 0 Å². The molecule has 0 bridgehead atoms. The van der Waals surface area contributed by atoms with Crippen LogP contribution in [-0.4, -0.2) is 0 Å². The summed E-state index contributed by atoms with van der Waals surface area (Å²) in [5.41, 5.74) is 9.00. The maximum absolute atomic E-state index is 6.10. The summed E-state index contributed by atoms with van der Waals surface area (Å²) in [4.78, 5) is 2.23. The van der Waals surface area contributed by atoms with Crippen LogP contribution in [0.1, 0.15) is 0 Å². The van der Waals surface area contributed by atoms with Crippen LogP contribution in [0.2, 0.25) is 0 Å². The predicted octanol–water partition coefficient (Wildman–Crippen LogP) is 16.2. The van der Waals surface area contributed by atoms with Gasteiger partial charge in [0.25, 0.3) is 0 Å². The molecule has 0 aliphatic carbocycles. The summed E-state index contributed by atoms with van der Waals surface area (Å²) in [6.07, 6.45) is 0. The lowest BCUT2D eigenvalue weighted by Gasteiger charge is -2.25. The minimum atomic E-state index is 0.893. The van der Waals surface area contributed by atoms with Crippen molar-refractivity contribution in [3.8, 4) is 0 Å². The second-order valence-electron chi connectivity index (χ2n) is 12.7. The summed E-state index contributed by atoms with van der Waals surface area (Å²) in [6, 6.07) is 65.9. The number of anilines is 5. The standard InChI is InChI=1S/C24H16BrNO.C18H13NO.C6H4BrI/c25-17-7-6-10-19(15-17)26(18-8-2-1-3-9-18)20-13-14-22-21-11-4-5-12-23(21)27-24(22)16-20;1-2-6-13(7-3-1)19-14-10-11-16-15-8-4-5-9-17(15)20-18(16)12-14;7-5-2-1-3-6(8)4-5/h1-16H;1-12,19H;1-4H. The highest BCUT2D eigenvalue weighted by Crippen LogP contribution is 2.39. The molecule has 8 aromatic carbocycles. The van der Waals surface area contributed by atoms with Crippen molar-refractivity contribution in [1.82, 2.24) is 0 Å². The van der Waals surface area contributed by atoms with Crippen LogP contribution < -0.4 is 10.2 Å². The lowest BCUT2D eigenvalue weighted by molar-refractivity contribution is 0.668. The van der Waals surface area contributed by atoms with Gasteiger partial charge in [-0.25, -0.2) is 0 Å². The van der Waals surface area contributed by atoms with Crippen molar-refractivity contribution in [3.05, 3.63) is 207 Å². The number of furan rings is 2. The molecule has 10 aromatic rings. The van der Waals surface area contributed by atoms with Crippen molar-refractivity contribution >= 4 is 127 Å². The van der Waals surface area contributed by atoms with E-state index in [9.17, 15) is 0 Å². The monoisotopic (exact) mass is 954 g/mol. The first-order valence-corrected chi connectivity index (χ1v) is 20.3. The van der Waals surface area contributed by atoms with E-state index in [-0.39, 0.29) is 0 Å². The molecule has 7 heteroatoms. The third-order valence-electron chi connectivity index (χ3n) is 8.93. The highest BCUT2D eigenvalue weighted by Gasteiger charge is 2.15. The molecule has 0 saturated carbocycles. The number of nitrogens with zero attached hydrogens (tertiary/aromatic N) is 1. The molecule has 268 valence electrons. The molecule has 4 nitrogen and oxygen atoms in total. The number of para-hydroxylation sites is 4. The maximum atomic E-state index is 6.10. The number of rotatable bonds is 5. The van der Waals surface area contributed by atoms with Crippen molar-refractivity contribution < 1.29 is 8.83 Å². The molecular weight excluding hydrogens is 923 g/mol. The Balaban J connectivity index is 0.000000133. The highest BCUT2D eigenvalue weighted by atomic mass is 127. The van der Waals surface area contributed by atoms with Crippen LogP contribution in [0.3, 0.4) is 0 Å². The average Bonchev–Trinajstić information content (AvgIpc) is 3.77. The second kappa shape index (κ2) is 17.0. The molecule has 0 saturated heterocycles. The molecule has 0 aliphatic rings. The molecule has 0 aliphatic heterocycles. The average molecular weight is 957 g/mol. The maximum Gasteiger partial charge on any atom is 0.137 e. The van der Waals surface area contributed by atoms with Gasteiger partial charge in [-0.3, -0.25) is 0 Å². The minimum Gasteiger partial charge on any atom is -0.456 e. The van der Waals surface area contributed by atoms with E-state index in [1.54, 1.807) is 0 Å². The van der Waals surface area contributed by atoms with Crippen molar-refractivity contribution in [2.24, 2.45) is 0 Å². The number of hydrogen-bond donors (Lipinski definition) is 1. The zero-order valence-electron chi connectivity index (χ0n) is 29.4. The van der Waals surface area contributed by atoms with Crippen LogP contribution in [0, 0.1) is 3.57 Å². The summed E-state index contributed by atoms with van der Waals surface area (Å²) in [6.45, 7) is 0. The minimum absolute atomic E-state index is 0.893. The normalized spacial score (nSPS) is 10.8. The molecule has 10 rings (SSSR count). The quantitative estimate of drug-likeness (QED) is 0.175. The van der Waals surface area contributed by atoms with E-state index in [2.05, 4.69) is 162 Å². The lowest BCUT2D eigenvalue weighted by atomic mass is 10.1. The van der Waals surface area contributed by atoms with Crippen LogP contribution >= 0.6 is 54.5 Å². The van der Waals surface area contributed by atoms with E-state index < -0.39 is 0 Å². The number of fused-ring (bicyclic) bond motifs is 6. The molecule has 1 N–H and O–H groups in total. The smallest absolute Gasteiger partial charge is 0.137 e. The highest BCUT2D eigenvalue weighted by molar-refractivity contribution is 14.1. The Kier molecular flexibility index (Phi) is 11.3. The molecule has 0 atom stereocenters. The number of hydrogen-bond acceptors (Lipinski definition) is 4. The summed E-state index contributed by atoms with van der Waals surface area (Å²) >= 11 is 9.23. The topological polar surface area (TPSA) is 41.6 Å². The van der Waals surface area contributed by atoms with E-state index in [1.165, 1.54) is 3.57 Å². The van der Waals surface area contributed by atoms with Crippen molar-refractivity contribution in [2.45, 2.75) is 0 Å². The Morgan fingerprint density at radius 2 is 0.891 bits per heavy atom. The molecule has 0 fully saturated rings. The van der Waals surface area contributed by atoms with Gasteiger partial charge >= 0.3 is 0 Å². The molecule has 2 heterocycles. The van der Waals surface area contributed by atoms with Gasteiger partial charge < -0.3 is 19.1 Å². The first-order chi connectivity index (χ1) is 27.0. The zero-order chi connectivity index (χ0) is 37.6. The summed E-state index contributed by atoms with van der Waals surface area (Å²) in [5, 5.41) is 7.98. The van der Waals surface area contributed by atoms with Gasteiger partial charge in [0, 0.05) is 74.6 Å². The molecule has 0 radical (unpaired) electrons. The third-order valence-corrected chi connectivity index (χ3v) is 10.6. The SMILES string of the molecule is Brc1cccc(I)c1.Brc1cccc(N(c2ccccc2)c2ccc3c(c2)oc2ccccc23)c1.c1ccc(Nc2ccc3c(c2)oc2ccccc23)cc1. The molecular formula is C48H33Br2IN2O2.